The summed E-state index contributed by atoms with van der Waals surface area (Å²) < 4.78 is 5.77. The predicted octanol–water partition coefficient (Wildman–Crippen LogP) is 4.89. The maximum Gasteiger partial charge on any atom is 0.279 e. The summed E-state index contributed by atoms with van der Waals surface area (Å²) in [5.41, 5.74) is 11.1. The fraction of sp³-hybridized carbons (Fsp3) is 0.462. The van der Waals surface area contributed by atoms with Crippen LogP contribution in [0.3, 0.4) is 0 Å². The van der Waals surface area contributed by atoms with E-state index in [1.807, 2.05) is 55.9 Å². The quantitative estimate of drug-likeness (QED) is 0.459. The number of hydrogen-bond acceptors (Lipinski definition) is 2. The number of carbonyl (C=O) groups is 1. The van der Waals surface area contributed by atoms with E-state index < -0.39 is 5.91 Å². The second-order valence-electron chi connectivity index (χ2n) is 8.55. The van der Waals surface area contributed by atoms with Gasteiger partial charge in [0.25, 0.3) is 11.5 Å². The average Bonchev–Trinajstić information content (AvgIpc) is 3.16. The first kappa shape index (κ1) is 23.6. The first-order chi connectivity index (χ1) is 15.3. The molecular formula is C26H36N4O2. The Morgan fingerprint density at radius 2 is 1.59 bits per heavy atom. The van der Waals surface area contributed by atoms with E-state index in [0.717, 1.165) is 73.4 Å². The van der Waals surface area contributed by atoms with Gasteiger partial charge in [0.1, 0.15) is 0 Å². The lowest BCUT2D eigenvalue weighted by molar-refractivity contribution is 0.1000. The third kappa shape index (κ3) is 4.18. The number of rotatable bonds is 10. The number of benzene rings is 1. The maximum atomic E-state index is 13.8. The minimum atomic E-state index is -0.474. The Kier molecular flexibility index (Phi) is 7.44. The Labute approximate surface area is 190 Å². The van der Waals surface area contributed by atoms with Gasteiger partial charge >= 0.3 is 0 Å². The van der Waals surface area contributed by atoms with Crippen molar-refractivity contribution in [1.82, 2.24) is 13.9 Å². The second kappa shape index (κ2) is 10.1. The van der Waals surface area contributed by atoms with E-state index in [2.05, 4.69) is 18.4 Å². The van der Waals surface area contributed by atoms with E-state index in [4.69, 9.17) is 5.73 Å². The molecule has 32 heavy (non-hydrogen) atoms. The lowest BCUT2D eigenvalue weighted by Crippen LogP contribution is -2.21. The van der Waals surface area contributed by atoms with Crippen LogP contribution in [-0.2, 0) is 20.0 Å². The van der Waals surface area contributed by atoms with Gasteiger partial charge < -0.3 is 10.3 Å². The van der Waals surface area contributed by atoms with Crippen molar-refractivity contribution in [1.29, 1.82) is 0 Å². The molecule has 1 aromatic carbocycles. The Morgan fingerprint density at radius 1 is 0.938 bits per heavy atom. The number of aromatic nitrogens is 3. The third-order valence-corrected chi connectivity index (χ3v) is 6.43. The van der Waals surface area contributed by atoms with Gasteiger partial charge in [0, 0.05) is 36.2 Å². The fourth-order valence-electron chi connectivity index (χ4n) is 4.65. The number of hydrogen-bond donors (Lipinski definition) is 1. The third-order valence-electron chi connectivity index (χ3n) is 6.43. The Hall–Kier alpha value is -3.02. The molecule has 172 valence electrons. The number of nitrogens with zero attached hydrogens (tertiary/aromatic N) is 3. The monoisotopic (exact) mass is 436 g/mol. The molecule has 0 bridgehead atoms. The Bertz CT molecular complexity index is 1150. The van der Waals surface area contributed by atoms with E-state index in [1.165, 1.54) is 0 Å². The number of unbranched alkanes of at least 4 members (excludes halogenated alkanes) is 3. The van der Waals surface area contributed by atoms with Crippen molar-refractivity contribution >= 4 is 5.91 Å². The summed E-state index contributed by atoms with van der Waals surface area (Å²) in [6.45, 7) is 9.05. The zero-order valence-electron chi connectivity index (χ0n) is 20.1. The highest BCUT2D eigenvalue weighted by Gasteiger charge is 2.29. The average molecular weight is 437 g/mol. The van der Waals surface area contributed by atoms with Gasteiger partial charge in [-0.15, -0.1) is 0 Å². The summed E-state index contributed by atoms with van der Waals surface area (Å²) in [7, 11) is 1.88. The molecule has 0 saturated heterocycles. The van der Waals surface area contributed by atoms with Crippen molar-refractivity contribution in [3.8, 4) is 16.8 Å². The van der Waals surface area contributed by atoms with E-state index in [-0.39, 0.29) is 5.56 Å². The molecule has 0 saturated carbocycles. The van der Waals surface area contributed by atoms with Crippen molar-refractivity contribution in [2.75, 3.05) is 0 Å². The van der Waals surface area contributed by atoms with Crippen LogP contribution in [0.4, 0.5) is 0 Å². The highest BCUT2D eigenvalue weighted by Crippen LogP contribution is 2.35. The molecule has 0 aliphatic carbocycles. The van der Waals surface area contributed by atoms with Crippen LogP contribution >= 0.6 is 0 Å². The van der Waals surface area contributed by atoms with Gasteiger partial charge in [-0.3, -0.25) is 14.3 Å². The molecular weight excluding hydrogens is 400 g/mol. The molecule has 0 unspecified atom stereocenters. The number of amides is 1. The lowest BCUT2D eigenvalue weighted by Gasteiger charge is -2.12. The molecule has 6 nitrogen and oxygen atoms in total. The van der Waals surface area contributed by atoms with Crippen LogP contribution in [0.25, 0.3) is 16.8 Å². The standard InChI is InChI=1S/C26H36N4O2/c1-6-8-11-16-21-24(22(25(27)31)19(4)29(21)17-9-7-2)23-18(3)28(5)30(26(23)32)20-14-12-10-13-15-20/h10,12-15H,6-9,11,16-17H2,1-5H3,(H2,27,31). The van der Waals surface area contributed by atoms with E-state index >= 15 is 0 Å². The molecule has 2 N–H and O–H groups in total. The Balaban J connectivity index is 2.34. The van der Waals surface area contributed by atoms with Crippen molar-refractivity contribution in [2.24, 2.45) is 12.8 Å². The Morgan fingerprint density at radius 3 is 2.19 bits per heavy atom. The zero-order valence-corrected chi connectivity index (χ0v) is 20.1. The van der Waals surface area contributed by atoms with Gasteiger partial charge in [0.05, 0.1) is 16.8 Å². The molecule has 3 aromatic rings. The summed E-state index contributed by atoms with van der Waals surface area (Å²) in [5, 5.41) is 0. The molecule has 2 heterocycles. The number of primary amides is 1. The SMILES string of the molecule is CCCCCc1c(-c2c(C)n(C)n(-c3ccccc3)c2=O)c(C(N)=O)c(C)n1CCCC. The van der Waals surface area contributed by atoms with Crippen LogP contribution in [-0.4, -0.2) is 19.8 Å². The van der Waals surface area contributed by atoms with Crippen LogP contribution in [0.5, 0.6) is 0 Å². The van der Waals surface area contributed by atoms with Crippen LogP contribution < -0.4 is 11.3 Å². The van der Waals surface area contributed by atoms with Gasteiger partial charge in [-0.25, -0.2) is 4.68 Å². The molecule has 0 spiro atoms. The molecule has 0 atom stereocenters. The number of carbonyl (C=O) groups excluding carboxylic acids is 1. The lowest BCUT2D eigenvalue weighted by atomic mass is 9.97. The highest BCUT2D eigenvalue weighted by atomic mass is 16.1. The molecule has 1 amide bonds. The molecule has 2 aromatic heterocycles. The highest BCUT2D eigenvalue weighted by molar-refractivity contribution is 6.02. The van der Waals surface area contributed by atoms with Crippen LogP contribution in [0.15, 0.2) is 35.1 Å². The molecule has 6 heteroatoms. The smallest absolute Gasteiger partial charge is 0.279 e. The first-order valence-electron chi connectivity index (χ1n) is 11.7. The minimum absolute atomic E-state index is 0.122. The summed E-state index contributed by atoms with van der Waals surface area (Å²) in [6.07, 6.45) is 6.10. The van der Waals surface area contributed by atoms with E-state index in [0.29, 0.717) is 11.1 Å². The van der Waals surface area contributed by atoms with Crippen molar-refractivity contribution in [3.05, 3.63) is 63.3 Å². The maximum absolute atomic E-state index is 13.8. The summed E-state index contributed by atoms with van der Waals surface area (Å²) in [4.78, 5) is 26.4. The molecule has 3 rings (SSSR count). The molecule has 0 fully saturated rings. The van der Waals surface area contributed by atoms with Crippen molar-refractivity contribution < 1.29 is 4.79 Å². The predicted molar refractivity (Wildman–Crippen MR) is 131 cm³/mol. The van der Waals surface area contributed by atoms with Crippen LogP contribution in [0.1, 0.15) is 73.4 Å². The number of nitrogens with two attached hydrogens (primary N) is 1. The van der Waals surface area contributed by atoms with Crippen LogP contribution in [0, 0.1) is 13.8 Å². The largest absolute Gasteiger partial charge is 0.366 e. The summed E-state index contributed by atoms with van der Waals surface area (Å²) >= 11 is 0. The van der Waals surface area contributed by atoms with Gasteiger partial charge in [0.2, 0.25) is 0 Å². The molecule has 0 aliphatic rings. The van der Waals surface area contributed by atoms with Crippen LogP contribution in [0.2, 0.25) is 0 Å². The topological polar surface area (TPSA) is 75.0 Å². The van der Waals surface area contributed by atoms with Gasteiger partial charge in [0.15, 0.2) is 0 Å². The normalized spacial score (nSPS) is 11.3. The first-order valence-corrected chi connectivity index (χ1v) is 11.7. The molecule has 0 aliphatic heterocycles. The van der Waals surface area contributed by atoms with Gasteiger partial charge in [-0.1, -0.05) is 51.3 Å². The van der Waals surface area contributed by atoms with E-state index in [9.17, 15) is 9.59 Å². The van der Waals surface area contributed by atoms with Crippen molar-refractivity contribution in [2.45, 2.75) is 72.8 Å². The van der Waals surface area contributed by atoms with Crippen molar-refractivity contribution in [3.63, 3.8) is 0 Å². The van der Waals surface area contributed by atoms with E-state index in [1.54, 1.807) is 4.68 Å². The zero-order chi connectivity index (χ0) is 23.4. The van der Waals surface area contributed by atoms with Gasteiger partial charge in [-0.2, -0.15) is 0 Å². The number of para-hydroxylation sites is 1. The minimum Gasteiger partial charge on any atom is -0.366 e. The summed E-state index contributed by atoms with van der Waals surface area (Å²) in [6, 6.07) is 9.60. The fourth-order valence-corrected chi connectivity index (χ4v) is 4.65. The summed E-state index contributed by atoms with van der Waals surface area (Å²) in [5.74, 6) is -0.474. The van der Waals surface area contributed by atoms with Gasteiger partial charge in [-0.05, 0) is 45.2 Å². The second-order valence-corrected chi connectivity index (χ2v) is 8.55. The molecule has 0 radical (unpaired) electrons.